The van der Waals surface area contributed by atoms with E-state index in [2.05, 4.69) is 9.72 Å². The number of aromatic nitrogens is 1. The number of halogens is 4. The number of hydrogen-bond acceptors (Lipinski definition) is 4. The van der Waals surface area contributed by atoms with Crippen molar-refractivity contribution in [1.29, 1.82) is 0 Å². The zero-order chi connectivity index (χ0) is 12.5. The van der Waals surface area contributed by atoms with Gasteiger partial charge in [0.05, 0.1) is 18.9 Å². The van der Waals surface area contributed by atoms with Crippen LogP contribution in [0.4, 0.5) is 8.78 Å². The van der Waals surface area contributed by atoms with Crippen molar-refractivity contribution in [3.8, 4) is 5.75 Å². The van der Waals surface area contributed by atoms with Crippen LogP contribution in [0.3, 0.4) is 0 Å². The van der Waals surface area contributed by atoms with E-state index in [0.29, 0.717) is 0 Å². The van der Waals surface area contributed by atoms with Crippen LogP contribution in [0.5, 0.6) is 5.75 Å². The van der Waals surface area contributed by atoms with Crippen molar-refractivity contribution in [2.24, 2.45) is 0 Å². The lowest BCUT2D eigenvalue weighted by atomic mass is 10.2. The summed E-state index contributed by atoms with van der Waals surface area (Å²) < 4.78 is 52.2. The second-order valence-electron chi connectivity index (χ2n) is 2.60. The number of methoxy groups -OCH3 is 1. The van der Waals surface area contributed by atoms with Crippen molar-refractivity contribution < 1.29 is 21.9 Å². The lowest BCUT2D eigenvalue weighted by Crippen LogP contribution is -2.04. The summed E-state index contributed by atoms with van der Waals surface area (Å²) in [6.07, 6.45) is -2.01. The van der Waals surface area contributed by atoms with Crippen LogP contribution in [0.2, 0.25) is 0 Å². The van der Waals surface area contributed by atoms with Gasteiger partial charge >= 0.3 is 0 Å². The fourth-order valence-electron chi connectivity index (χ4n) is 1.04. The van der Waals surface area contributed by atoms with Crippen molar-refractivity contribution >= 4 is 42.3 Å². The van der Waals surface area contributed by atoms with Crippen molar-refractivity contribution in [1.82, 2.24) is 4.98 Å². The molecule has 90 valence electrons. The maximum Gasteiger partial charge on any atom is 0.270 e. The Morgan fingerprint density at radius 2 is 2.12 bits per heavy atom. The molecule has 0 radical (unpaired) electrons. The first-order valence-corrected chi connectivity index (χ1v) is 7.13. The lowest BCUT2D eigenvalue weighted by Gasteiger charge is -2.11. The molecule has 1 aromatic rings. The van der Waals surface area contributed by atoms with Gasteiger partial charge in [-0.1, -0.05) is 0 Å². The first-order chi connectivity index (χ1) is 7.29. The van der Waals surface area contributed by atoms with Gasteiger partial charge in [-0.15, -0.1) is 0 Å². The highest BCUT2D eigenvalue weighted by Crippen LogP contribution is 2.37. The molecule has 0 aliphatic heterocycles. The van der Waals surface area contributed by atoms with E-state index >= 15 is 0 Å². The minimum atomic E-state index is -4.17. The van der Waals surface area contributed by atoms with E-state index < -0.39 is 31.7 Å². The highest BCUT2D eigenvalue weighted by atomic mass is 127. The van der Waals surface area contributed by atoms with Crippen LogP contribution in [0.25, 0.3) is 0 Å². The van der Waals surface area contributed by atoms with Gasteiger partial charge in [-0.3, -0.25) is 0 Å². The molecular weight excluding hydrogens is 379 g/mol. The molecule has 0 saturated carbocycles. The zero-order valence-corrected chi connectivity index (χ0v) is 11.5. The molecule has 0 unspecified atom stereocenters. The molecule has 0 fully saturated rings. The molecule has 1 aromatic heterocycles. The maximum absolute atomic E-state index is 12.7. The molecule has 0 atom stereocenters. The summed E-state index contributed by atoms with van der Waals surface area (Å²) in [5.41, 5.74) is -0.579. The van der Waals surface area contributed by atoms with Crippen LogP contribution in [0, 0.1) is 3.70 Å². The fraction of sp³-hybridized carbons (Fsp3) is 0.286. The van der Waals surface area contributed by atoms with E-state index in [9.17, 15) is 17.2 Å². The van der Waals surface area contributed by atoms with E-state index in [4.69, 9.17) is 10.7 Å². The van der Waals surface area contributed by atoms with Gasteiger partial charge in [0, 0.05) is 10.7 Å². The lowest BCUT2D eigenvalue weighted by molar-refractivity contribution is 0.144. The molecule has 0 aromatic carbocycles. The highest BCUT2D eigenvalue weighted by Gasteiger charge is 2.27. The van der Waals surface area contributed by atoms with Crippen molar-refractivity contribution in [3.05, 3.63) is 15.5 Å². The Bertz CT molecular complexity index is 509. The summed E-state index contributed by atoms with van der Waals surface area (Å²) >= 11 is 1.56. The first-order valence-electron chi connectivity index (χ1n) is 3.74. The third kappa shape index (κ3) is 2.72. The average Bonchev–Trinajstić information content (AvgIpc) is 2.14. The molecule has 4 nitrogen and oxygen atoms in total. The highest BCUT2D eigenvalue weighted by molar-refractivity contribution is 14.1. The molecular formula is C7H5ClF2INO3S. The van der Waals surface area contributed by atoms with Crippen LogP contribution >= 0.6 is 33.3 Å². The molecule has 0 bridgehead atoms. The first kappa shape index (κ1) is 13.8. The van der Waals surface area contributed by atoms with E-state index in [1.165, 1.54) is 0 Å². The van der Waals surface area contributed by atoms with Gasteiger partial charge in [-0.05, 0) is 22.6 Å². The standard InChI is InChI=1S/C7H5ClF2INO3S/c1-15-5-3(16(8,13)14)2-12-7(11)4(5)6(9)10/h2,6H,1H3. The number of hydrogen-bond donors (Lipinski definition) is 0. The van der Waals surface area contributed by atoms with Crippen LogP contribution in [0.15, 0.2) is 11.1 Å². The Kier molecular flexibility index (Phi) is 4.29. The third-order valence-corrected chi connectivity index (χ3v) is 3.85. The summed E-state index contributed by atoms with van der Waals surface area (Å²) in [5, 5.41) is 0. The van der Waals surface area contributed by atoms with Gasteiger partial charge in [0.25, 0.3) is 15.5 Å². The monoisotopic (exact) mass is 383 g/mol. The molecule has 16 heavy (non-hydrogen) atoms. The summed E-state index contributed by atoms with van der Waals surface area (Å²) in [6.45, 7) is 0. The molecule has 1 rings (SSSR count). The van der Waals surface area contributed by atoms with Gasteiger partial charge in [-0.2, -0.15) is 0 Å². The topological polar surface area (TPSA) is 56.3 Å². The van der Waals surface area contributed by atoms with E-state index in [1.54, 1.807) is 22.6 Å². The predicted octanol–water partition coefficient (Wildman–Crippen LogP) is 2.56. The number of pyridine rings is 1. The number of rotatable bonds is 3. The number of nitrogens with zero attached hydrogens (tertiary/aromatic N) is 1. The van der Waals surface area contributed by atoms with Crippen LogP contribution in [-0.4, -0.2) is 20.5 Å². The van der Waals surface area contributed by atoms with Gasteiger partial charge in [0.1, 0.15) is 8.60 Å². The molecule has 0 aliphatic carbocycles. The summed E-state index contributed by atoms with van der Waals surface area (Å²) in [4.78, 5) is 2.98. The van der Waals surface area contributed by atoms with E-state index in [1.807, 2.05) is 0 Å². The fourth-order valence-corrected chi connectivity index (χ4v) is 2.59. The second kappa shape index (κ2) is 4.96. The van der Waals surface area contributed by atoms with Crippen molar-refractivity contribution in [2.75, 3.05) is 7.11 Å². The smallest absolute Gasteiger partial charge is 0.270 e. The summed E-state index contributed by atoms with van der Waals surface area (Å²) in [7, 11) is 1.99. The normalized spacial score (nSPS) is 11.9. The third-order valence-electron chi connectivity index (χ3n) is 1.67. The molecule has 1 heterocycles. The Balaban J connectivity index is 3.62. The minimum absolute atomic E-state index is 0.0338. The van der Waals surface area contributed by atoms with Gasteiger partial charge in [-0.25, -0.2) is 22.2 Å². The predicted molar refractivity (Wildman–Crippen MR) is 61.5 cm³/mol. The Hall–Kier alpha value is -0.220. The molecule has 0 amide bonds. The Morgan fingerprint density at radius 3 is 2.50 bits per heavy atom. The van der Waals surface area contributed by atoms with Gasteiger partial charge in [0.15, 0.2) is 5.75 Å². The maximum atomic E-state index is 12.7. The molecule has 0 spiro atoms. The zero-order valence-electron chi connectivity index (χ0n) is 7.75. The minimum Gasteiger partial charge on any atom is -0.495 e. The Labute approximate surface area is 109 Å². The molecule has 0 saturated heterocycles. The molecule has 9 heteroatoms. The van der Waals surface area contributed by atoms with Crippen molar-refractivity contribution in [3.63, 3.8) is 0 Å². The molecule has 0 N–H and O–H groups in total. The van der Waals surface area contributed by atoms with Crippen LogP contribution in [0.1, 0.15) is 12.0 Å². The van der Waals surface area contributed by atoms with Gasteiger partial charge in [0.2, 0.25) is 0 Å². The largest absolute Gasteiger partial charge is 0.495 e. The van der Waals surface area contributed by atoms with Gasteiger partial charge < -0.3 is 4.74 Å². The van der Waals surface area contributed by atoms with E-state index in [-0.39, 0.29) is 3.70 Å². The summed E-state index contributed by atoms with van der Waals surface area (Å²) in [5.74, 6) is -0.468. The Morgan fingerprint density at radius 1 is 1.56 bits per heavy atom. The number of ether oxygens (including phenoxy) is 1. The van der Waals surface area contributed by atoms with E-state index in [0.717, 1.165) is 13.3 Å². The van der Waals surface area contributed by atoms with Crippen molar-refractivity contribution in [2.45, 2.75) is 11.3 Å². The van der Waals surface area contributed by atoms with Crippen LogP contribution < -0.4 is 4.74 Å². The van der Waals surface area contributed by atoms with Crippen LogP contribution in [-0.2, 0) is 9.05 Å². The number of alkyl halides is 2. The quantitative estimate of drug-likeness (QED) is 0.457. The second-order valence-corrected chi connectivity index (χ2v) is 6.15. The SMILES string of the molecule is COc1c(S(=O)(=O)Cl)cnc(I)c1C(F)F. The summed E-state index contributed by atoms with van der Waals surface area (Å²) in [6, 6.07) is 0. The average molecular weight is 384 g/mol. The molecule has 0 aliphatic rings.